The van der Waals surface area contributed by atoms with Crippen LogP contribution in [0.25, 0.3) is 5.82 Å². The lowest BCUT2D eigenvalue weighted by atomic mass is 10.2. The van der Waals surface area contributed by atoms with Gasteiger partial charge in [0.2, 0.25) is 0 Å². The molecule has 3 aromatic rings. The Hall–Kier alpha value is -3.22. The monoisotopic (exact) mass is 309 g/mol. The molecule has 1 N–H and O–H groups in total. The first-order valence-corrected chi connectivity index (χ1v) is 6.97. The molecule has 0 aliphatic heterocycles. The van der Waals surface area contributed by atoms with Gasteiger partial charge in [0.25, 0.3) is 5.91 Å². The molecule has 3 rings (SSSR count). The summed E-state index contributed by atoms with van der Waals surface area (Å²) in [6.07, 6.45) is 3.47. The van der Waals surface area contributed by atoms with Crippen molar-refractivity contribution >= 4 is 11.6 Å². The van der Waals surface area contributed by atoms with E-state index < -0.39 is 0 Å². The maximum atomic E-state index is 12.3. The predicted octanol–water partition coefficient (Wildman–Crippen LogP) is 2.23. The summed E-state index contributed by atoms with van der Waals surface area (Å²) >= 11 is 0. The van der Waals surface area contributed by atoms with Gasteiger partial charge in [-0.15, -0.1) is 10.2 Å². The number of aryl methyl sites for hydroxylation is 1. The first-order chi connectivity index (χ1) is 11.2. The Balaban J connectivity index is 1.79. The molecule has 1 aromatic carbocycles. The molecular weight excluding hydrogens is 294 g/mol. The van der Waals surface area contributed by atoms with Crippen LogP contribution in [0.4, 0.5) is 5.69 Å². The normalized spacial score (nSPS) is 10.3. The van der Waals surface area contributed by atoms with E-state index in [-0.39, 0.29) is 11.6 Å². The van der Waals surface area contributed by atoms with Crippen molar-refractivity contribution in [3.05, 3.63) is 60.3 Å². The quantitative estimate of drug-likeness (QED) is 0.799. The van der Waals surface area contributed by atoms with Gasteiger partial charge in [-0.25, -0.2) is 4.98 Å². The van der Waals surface area contributed by atoms with Gasteiger partial charge in [0, 0.05) is 12.4 Å². The highest BCUT2D eigenvalue weighted by atomic mass is 16.5. The minimum Gasteiger partial charge on any atom is -0.495 e. The second kappa shape index (κ2) is 6.27. The van der Waals surface area contributed by atoms with Crippen LogP contribution in [0.2, 0.25) is 0 Å². The van der Waals surface area contributed by atoms with Gasteiger partial charge in [-0.05, 0) is 31.2 Å². The number of nitrogens with zero attached hydrogens (tertiary/aromatic N) is 4. The summed E-state index contributed by atoms with van der Waals surface area (Å²) in [5.74, 6) is 1.63. The van der Waals surface area contributed by atoms with E-state index in [1.807, 2.05) is 19.1 Å². The van der Waals surface area contributed by atoms with Crippen LogP contribution in [0.1, 0.15) is 16.3 Å². The van der Waals surface area contributed by atoms with E-state index in [1.165, 1.54) is 0 Å². The molecule has 0 fully saturated rings. The Morgan fingerprint density at radius 2 is 2.00 bits per heavy atom. The number of nitrogens with one attached hydrogen (secondary N) is 1. The number of hydrogen-bond acceptors (Lipinski definition) is 5. The zero-order valence-electron chi connectivity index (χ0n) is 12.7. The molecule has 0 aliphatic rings. The Bertz CT molecular complexity index is 826. The van der Waals surface area contributed by atoms with Crippen LogP contribution in [-0.4, -0.2) is 32.8 Å². The molecule has 0 radical (unpaired) electrons. The molecular formula is C16H15N5O2. The number of carbonyl (C=O) groups is 1. The standard InChI is InChI=1S/C16H15N5O2/c1-11-17-9-10-21(11)15-8-7-13(19-20-15)16(22)18-12-5-3-4-6-14(12)23-2/h3-10H,1-2H3,(H,18,22). The van der Waals surface area contributed by atoms with E-state index in [0.717, 1.165) is 5.82 Å². The summed E-state index contributed by atoms with van der Waals surface area (Å²) in [4.78, 5) is 16.4. The van der Waals surface area contributed by atoms with Crippen molar-refractivity contribution in [3.8, 4) is 11.6 Å². The van der Waals surface area contributed by atoms with Gasteiger partial charge in [0.1, 0.15) is 11.6 Å². The van der Waals surface area contributed by atoms with Crippen molar-refractivity contribution in [2.45, 2.75) is 6.92 Å². The third kappa shape index (κ3) is 3.03. The van der Waals surface area contributed by atoms with E-state index in [2.05, 4.69) is 20.5 Å². The average molecular weight is 309 g/mol. The van der Waals surface area contributed by atoms with Crippen molar-refractivity contribution in [2.24, 2.45) is 0 Å². The number of methoxy groups -OCH3 is 1. The molecule has 0 atom stereocenters. The first-order valence-electron chi connectivity index (χ1n) is 6.97. The van der Waals surface area contributed by atoms with Crippen LogP contribution < -0.4 is 10.1 Å². The second-order valence-corrected chi connectivity index (χ2v) is 4.78. The van der Waals surface area contributed by atoms with Crippen LogP contribution in [-0.2, 0) is 0 Å². The fourth-order valence-electron chi connectivity index (χ4n) is 2.13. The Labute approximate surface area is 133 Å². The number of para-hydroxylation sites is 2. The van der Waals surface area contributed by atoms with E-state index in [9.17, 15) is 4.79 Å². The van der Waals surface area contributed by atoms with Gasteiger partial charge in [0.15, 0.2) is 11.5 Å². The smallest absolute Gasteiger partial charge is 0.276 e. The van der Waals surface area contributed by atoms with Crippen molar-refractivity contribution in [1.82, 2.24) is 19.7 Å². The molecule has 0 aliphatic carbocycles. The third-order valence-electron chi connectivity index (χ3n) is 3.31. The Morgan fingerprint density at radius 3 is 2.65 bits per heavy atom. The maximum Gasteiger partial charge on any atom is 0.276 e. The fraction of sp³-hybridized carbons (Fsp3) is 0.125. The summed E-state index contributed by atoms with van der Waals surface area (Å²) in [6.45, 7) is 1.87. The summed E-state index contributed by atoms with van der Waals surface area (Å²) in [7, 11) is 1.55. The topological polar surface area (TPSA) is 81.9 Å². The molecule has 23 heavy (non-hydrogen) atoms. The number of ether oxygens (including phenoxy) is 1. The molecule has 0 spiro atoms. The largest absolute Gasteiger partial charge is 0.495 e. The number of benzene rings is 1. The third-order valence-corrected chi connectivity index (χ3v) is 3.31. The summed E-state index contributed by atoms with van der Waals surface area (Å²) in [5.41, 5.74) is 0.800. The number of imidazole rings is 1. The first kappa shape index (κ1) is 14.7. The molecule has 0 saturated heterocycles. The Kier molecular flexibility index (Phi) is 4.01. The zero-order chi connectivity index (χ0) is 16.2. The number of anilines is 1. The van der Waals surface area contributed by atoms with Gasteiger partial charge in [-0.1, -0.05) is 12.1 Å². The highest BCUT2D eigenvalue weighted by Crippen LogP contribution is 2.23. The minimum absolute atomic E-state index is 0.220. The lowest BCUT2D eigenvalue weighted by Gasteiger charge is -2.09. The van der Waals surface area contributed by atoms with Gasteiger partial charge in [-0.2, -0.15) is 0 Å². The fourth-order valence-corrected chi connectivity index (χ4v) is 2.13. The highest BCUT2D eigenvalue weighted by Gasteiger charge is 2.12. The van der Waals surface area contributed by atoms with Crippen molar-refractivity contribution in [2.75, 3.05) is 12.4 Å². The molecule has 7 nitrogen and oxygen atoms in total. The van der Waals surface area contributed by atoms with E-state index >= 15 is 0 Å². The van der Waals surface area contributed by atoms with Crippen LogP contribution in [0.15, 0.2) is 48.8 Å². The number of hydrogen-bond donors (Lipinski definition) is 1. The number of rotatable bonds is 4. The molecule has 0 bridgehead atoms. The molecule has 2 heterocycles. The lowest BCUT2D eigenvalue weighted by molar-refractivity contribution is 0.102. The van der Waals surface area contributed by atoms with Crippen molar-refractivity contribution in [3.63, 3.8) is 0 Å². The summed E-state index contributed by atoms with van der Waals surface area (Å²) in [5, 5.41) is 10.8. The van der Waals surface area contributed by atoms with E-state index in [0.29, 0.717) is 17.3 Å². The minimum atomic E-state index is -0.351. The van der Waals surface area contributed by atoms with E-state index in [1.54, 1.807) is 48.3 Å². The number of aromatic nitrogens is 4. The SMILES string of the molecule is COc1ccccc1NC(=O)c1ccc(-n2ccnc2C)nn1. The maximum absolute atomic E-state index is 12.3. The van der Waals surface area contributed by atoms with Gasteiger partial charge in [-0.3, -0.25) is 9.36 Å². The summed E-state index contributed by atoms with van der Waals surface area (Å²) < 4.78 is 6.99. The second-order valence-electron chi connectivity index (χ2n) is 4.78. The molecule has 7 heteroatoms. The molecule has 116 valence electrons. The molecule has 1 amide bonds. The molecule has 0 unspecified atom stereocenters. The van der Waals surface area contributed by atoms with Gasteiger partial charge < -0.3 is 10.1 Å². The number of amides is 1. The predicted molar refractivity (Wildman–Crippen MR) is 84.8 cm³/mol. The lowest BCUT2D eigenvalue weighted by Crippen LogP contribution is -2.15. The van der Waals surface area contributed by atoms with Crippen molar-refractivity contribution in [1.29, 1.82) is 0 Å². The van der Waals surface area contributed by atoms with Gasteiger partial charge in [0.05, 0.1) is 12.8 Å². The van der Waals surface area contributed by atoms with Crippen LogP contribution in [0.3, 0.4) is 0 Å². The average Bonchev–Trinajstić information content (AvgIpc) is 3.01. The van der Waals surface area contributed by atoms with Crippen LogP contribution >= 0.6 is 0 Å². The highest BCUT2D eigenvalue weighted by molar-refractivity contribution is 6.03. The van der Waals surface area contributed by atoms with Gasteiger partial charge >= 0.3 is 0 Å². The molecule has 2 aromatic heterocycles. The summed E-state index contributed by atoms with van der Waals surface area (Å²) in [6, 6.07) is 10.5. The Morgan fingerprint density at radius 1 is 1.17 bits per heavy atom. The van der Waals surface area contributed by atoms with Crippen LogP contribution in [0.5, 0.6) is 5.75 Å². The van der Waals surface area contributed by atoms with Crippen molar-refractivity contribution < 1.29 is 9.53 Å². The number of carbonyl (C=O) groups excluding carboxylic acids is 1. The van der Waals surface area contributed by atoms with Crippen LogP contribution in [0, 0.1) is 6.92 Å². The van der Waals surface area contributed by atoms with E-state index in [4.69, 9.17) is 4.74 Å². The molecule has 0 saturated carbocycles. The zero-order valence-corrected chi connectivity index (χ0v) is 12.7.